The molecule has 0 fully saturated rings. The molecule has 0 radical (unpaired) electrons. The second kappa shape index (κ2) is 8.43. The fourth-order valence-electron chi connectivity index (χ4n) is 2.33. The van der Waals surface area contributed by atoms with Crippen molar-refractivity contribution in [1.82, 2.24) is 5.32 Å². The molecule has 0 aliphatic carbocycles. The van der Waals surface area contributed by atoms with E-state index in [4.69, 9.17) is 4.74 Å². The van der Waals surface area contributed by atoms with Crippen molar-refractivity contribution < 1.29 is 32.2 Å². The molecule has 1 atom stereocenters. The van der Waals surface area contributed by atoms with E-state index in [9.17, 15) is 22.8 Å². The molecule has 0 bridgehead atoms. The zero-order valence-corrected chi connectivity index (χ0v) is 15.4. The first-order chi connectivity index (χ1) is 12.7. The van der Waals surface area contributed by atoms with Crippen molar-refractivity contribution in [3.8, 4) is 0 Å². The third kappa shape index (κ3) is 4.60. The largest absolute Gasteiger partial charge is 0.464 e. The van der Waals surface area contributed by atoms with Gasteiger partial charge in [-0.15, -0.1) is 11.3 Å². The van der Waals surface area contributed by atoms with Gasteiger partial charge in [0.15, 0.2) is 0 Å². The first-order valence-electron chi connectivity index (χ1n) is 8.00. The topological polar surface area (TPSA) is 64.6 Å². The summed E-state index contributed by atoms with van der Waals surface area (Å²) in [6.45, 7) is 2.45. The molecular formula is C18H18F3NO4S. The number of esters is 1. The number of halogens is 3. The maximum absolute atomic E-state index is 14.0. The molecule has 1 N–H and O–H groups in total. The van der Waals surface area contributed by atoms with Crippen molar-refractivity contribution in [1.29, 1.82) is 0 Å². The second-order valence-electron chi connectivity index (χ2n) is 5.57. The van der Waals surface area contributed by atoms with E-state index in [-0.39, 0.29) is 13.2 Å². The molecule has 2 rings (SSSR count). The Labute approximate surface area is 158 Å². The number of aryl methyl sites for hydroxylation is 1. The van der Waals surface area contributed by atoms with Gasteiger partial charge in [-0.05, 0) is 31.5 Å². The summed E-state index contributed by atoms with van der Waals surface area (Å²) in [4.78, 5) is 24.6. The first-order valence-corrected chi connectivity index (χ1v) is 8.82. The van der Waals surface area contributed by atoms with Gasteiger partial charge in [-0.25, -0.2) is 9.59 Å². The highest BCUT2D eigenvalue weighted by Crippen LogP contribution is 2.43. The fraction of sp³-hybridized carbons (Fsp3) is 0.333. The summed E-state index contributed by atoms with van der Waals surface area (Å²) in [5, 5.41) is 1.70. The third-order valence-electron chi connectivity index (χ3n) is 3.62. The Morgan fingerprint density at radius 2 is 1.74 bits per heavy atom. The highest BCUT2D eigenvalue weighted by Gasteiger charge is 2.65. The monoisotopic (exact) mass is 401 g/mol. The second-order valence-corrected chi connectivity index (χ2v) is 6.85. The summed E-state index contributed by atoms with van der Waals surface area (Å²) in [5.41, 5.74) is -2.75. The van der Waals surface area contributed by atoms with Crippen LogP contribution in [0.4, 0.5) is 18.0 Å². The summed E-state index contributed by atoms with van der Waals surface area (Å²) in [7, 11) is 0. The molecule has 0 saturated carbocycles. The van der Waals surface area contributed by atoms with Crippen LogP contribution in [0.15, 0.2) is 42.5 Å². The number of carbonyl (C=O) groups excluding carboxylic acids is 2. The van der Waals surface area contributed by atoms with Gasteiger partial charge >= 0.3 is 18.2 Å². The molecule has 1 amide bonds. The summed E-state index contributed by atoms with van der Waals surface area (Å²) in [6.07, 6.45) is -6.52. The van der Waals surface area contributed by atoms with Gasteiger partial charge in [-0.1, -0.05) is 30.3 Å². The number of hydrogen-bond acceptors (Lipinski definition) is 5. The van der Waals surface area contributed by atoms with E-state index >= 15 is 0 Å². The Morgan fingerprint density at radius 3 is 2.26 bits per heavy atom. The van der Waals surface area contributed by atoms with Crippen LogP contribution in [0, 0.1) is 6.92 Å². The lowest BCUT2D eigenvalue weighted by molar-refractivity contribution is -0.214. The fourth-order valence-corrected chi connectivity index (χ4v) is 3.35. The number of thiophene rings is 1. The SMILES string of the molecule is CCOC(=O)[C@@](NC(=O)OCc1ccccc1)(c1ccc(C)s1)C(F)(F)F. The highest BCUT2D eigenvalue weighted by molar-refractivity contribution is 7.12. The Hall–Kier alpha value is -2.55. The molecule has 0 spiro atoms. The number of alkyl carbamates (subject to hydrolysis) is 1. The molecular weight excluding hydrogens is 383 g/mol. The van der Waals surface area contributed by atoms with Crippen LogP contribution >= 0.6 is 11.3 Å². The highest BCUT2D eigenvalue weighted by atomic mass is 32.1. The summed E-state index contributed by atoms with van der Waals surface area (Å²) in [6, 6.07) is 11.0. The zero-order chi connectivity index (χ0) is 20.1. The van der Waals surface area contributed by atoms with Gasteiger partial charge in [0, 0.05) is 4.88 Å². The number of hydrogen-bond donors (Lipinski definition) is 1. The predicted molar refractivity (Wildman–Crippen MR) is 93.2 cm³/mol. The standard InChI is InChI=1S/C18H18F3NO4S/c1-3-25-15(23)17(18(19,20)21,14-10-9-12(2)27-14)22-16(24)26-11-13-7-5-4-6-8-13/h4-10H,3,11H2,1-2H3,(H,22,24)/t17-/m0/s1. The molecule has 1 heterocycles. The lowest BCUT2D eigenvalue weighted by atomic mass is 9.96. The molecule has 1 aromatic carbocycles. The Morgan fingerprint density at radius 1 is 1.07 bits per heavy atom. The average molecular weight is 401 g/mol. The van der Waals surface area contributed by atoms with Crippen LogP contribution in [0.1, 0.15) is 22.2 Å². The quantitative estimate of drug-likeness (QED) is 0.733. The first kappa shape index (κ1) is 20.8. The van der Waals surface area contributed by atoms with Crippen LogP contribution in [0.25, 0.3) is 0 Å². The van der Waals surface area contributed by atoms with Gasteiger partial charge in [-0.3, -0.25) is 5.32 Å². The lowest BCUT2D eigenvalue weighted by Crippen LogP contribution is -2.61. The van der Waals surface area contributed by atoms with Gasteiger partial charge in [-0.2, -0.15) is 13.2 Å². The van der Waals surface area contributed by atoms with E-state index in [0.29, 0.717) is 10.4 Å². The minimum Gasteiger partial charge on any atom is -0.464 e. The van der Waals surface area contributed by atoms with E-state index in [1.54, 1.807) is 42.6 Å². The minimum absolute atomic E-state index is 0.243. The van der Waals surface area contributed by atoms with Crippen molar-refractivity contribution in [3.05, 3.63) is 57.8 Å². The Bertz CT molecular complexity index is 791. The number of ether oxygens (including phenoxy) is 2. The van der Waals surface area contributed by atoms with E-state index in [1.807, 2.05) is 0 Å². The molecule has 9 heteroatoms. The Kier molecular flexibility index (Phi) is 6.48. The minimum atomic E-state index is -5.14. The average Bonchev–Trinajstić information content (AvgIpc) is 3.04. The maximum Gasteiger partial charge on any atom is 0.427 e. The van der Waals surface area contributed by atoms with Crippen molar-refractivity contribution in [3.63, 3.8) is 0 Å². The summed E-state index contributed by atoms with van der Waals surface area (Å²) < 4.78 is 51.5. The molecule has 0 unspecified atom stereocenters. The van der Waals surface area contributed by atoms with Gasteiger partial charge in [0.2, 0.25) is 0 Å². The van der Waals surface area contributed by atoms with Gasteiger partial charge < -0.3 is 9.47 Å². The van der Waals surface area contributed by atoms with Crippen molar-refractivity contribution in [2.24, 2.45) is 0 Å². The number of nitrogens with one attached hydrogen (secondary N) is 1. The number of carbonyl (C=O) groups is 2. The summed E-state index contributed by atoms with van der Waals surface area (Å²) >= 11 is 0.741. The number of alkyl halides is 3. The molecule has 0 aliphatic rings. The van der Waals surface area contributed by atoms with E-state index in [1.165, 1.54) is 13.0 Å². The summed E-state index contributed by atoms with van der Waals surface area (Å²) in [5.74, 6) is -1.61. The smallest absolute Gasteiger partial charge is 0.427 e. The third-order valence-corrected chi connectivity index (χ3v) is 4.74. The lowest BCUT2D eigenvalue weighted by Gasteiger charge is -2.32. The predicted octanol–water partition coefficient (Wildman–Crippen LogP) is 4.30. The van der Waals surface area contributed by atoms with Crippen LogP contribution in [-0.4, -0.2) is 24.8 Å². The van der Waals surface area contributed by atoms with Crippen LogP contribution in [0.2, 0.25) is 0 Å². The van der Waals surface area contributed by atoms with Crippen molar-refractivity contribution in [2.75, 3.05) is 6.61 Å². The molecule has 27 heavy (non-hydrogen) atoms. The van der Waals surface area contributed by atoms with Crippen molar-refractivity contribution in [2.45, 2.75) is 32.2 Å². The van der Waals surface area contributed by atoms with Gasteiger partial charge in [0.1, 0.15) is 6.61 Å². The van der Waals surface area contributed by atoms with Gasteiger partial charge in [0.25, 0.3) is 5.54 Å². The molecule has 0 saturated heterocycles. The van der Waals surface area contributed by atoms with Crippen LogP contribution in [0.3, 0.4) is 0 Å². The number of rotatable bonds is 6. The molecule has 146 valence electrons. The molecule has 2 aromatic rings. The van der Waals surface area contributed by atoms with Crippen molar-refractivity contribution >= 4 is 23.4 Å². The number of amides is 1. The van der Waals surface area contributed by atoms with E-state index in [2.05, 4.69) is 4.74 Å². The maximum atomic E-state index is 14.0. The van der Waals surface area contributed by atoms with Crippen LogP contribution in [-0.2, 0) is 26.4 Å². The molecule has 1 aromatic heterocycles. The van der Waals surface area contributed by atoms with E-state index < -0.39 is 28.7 Å². The zero-order valence-electron chi connectivity index (χ0n) is 14.6. The van der Waals surface area contributed by atoms with Crippen LogP contribution in [0.5, 0.6) is 0 Å². The molecule has 5 nitrogen and oxygen atoms in total. The Balaban J connectivity index is 2.33. The van der Waals surface area contributed by atoms with Crippen LogP contribution < -0.4 is 5.32 Å². The van der Waals surface area contributed by atoms with E-state index in [0.717, 1.165) is 17.4 Å². The molecule has 0 aliphatic heterocycles. The van der Waals surface area contributed by atoms with Gasteiger partial charge in [0.05, 0.1) is 11.5 Å². The number of benzene rings is 1. The normalized spacial score (nSPS) is 13.5.